The van der Waals surface area contributed by atoms with Gasteiger partial charge < -0.3 is 14.2 Å². The summed E-state index contributed by atoms with van der Waals surface area (Å²) >= 11 is 0. The number of para-hydroxylation sites is 1. The molecule has 0 bridgehead atoms. The highest BCUT2D eigenvalue weighted by atomic mass is 19.1. The largest absolute Gasteiger partial charge is 0.438 e. The summed E-state index contributed by atoms with van der Waals surface area (Å²) in [4.78, 5) is 19.8. The number of nitrogens with zero attached hydrogens (tertiary/aromatic N) is 3. The van der Waals surface area contributed by atoms with E-state index in [9.17, 15) is 9.18 Å². The number of rotatable bonds is 2. The molecule has 0 saturated carbocycles. The Bertz CT molecular complexity index is 648. The number of hydrogen-bond acceptors (Lipinski definition) is 4. The quantitative estimate of drug-likeness (QED) is 0.849. The van der Waals surface area contributed by atoms with E-state index in [0.29, 0.717) is 37.6 Å². The Labute approximate surface area is 122 Å². The van der Waals surface area contributed by atoms with Gasteiger partial charge in [0.2, 0.25) is 0 Å². The maximum atomic E-state index is 13.8. The van der Waals surface area contributed by atoms with Gasteiger partial charge in [0.1, 0.15) is 11.6 Å². The third-order valence-electron chi connectivity index (χ3n) is 3.56. The van der Waals surface area contributed by atoms with E-state index in [-0.39, 0.29) is 17.6 Å². The Hall–Kier alpha value is -2.37. The summed E-state index contributed by atoms with van der Waals surface area (Å²) in [5.41, 5.74) is 0.580. The molecule has 1 amide bonds. The summed E-state index contributed by atoms with van der Waals surface area (Å²) in [5.74, 6) is 0.284. The first kappa shape index (κ1) is 13.6. The number of anilines is 1. The number of halogens is 1. The molecule has 5 nitrogen and oxygen atoms in total. The Balaban J connectivity index is 1.65. The number of oxazole rings is 1. The Morgan fingerprint density at radius 2 is 1.95 bits per heavy atom. The van der Waals surface area contributed by atoms with Crippen LogP contribution in [-0.4, -0.2) is 42.0 Å². The molecule has 1 aromatic carbocycles. The smallest absolute Gasteiger partial charge is 0.309 e. The van der Waals surface area contributed by atoms with Crippen molar-refractivity contribution in [3.05, 3.63) is 47.9 Å². The number of carbonyl (C=O) groups is 1. The molecule has 1 saturated heterocycles. The number of aromatic nitrogens is 1. The van der Waals surface area contributed by atoms with E-state index in [2.05, 4.69) is 4.98 Å². The zero-order chi connectivity index (χ0) is 14.8. The van der Waals surface area contributed by atoms with Gasteiger partial charge in [0, 0.05) is 26.2 Å². The van der Waals surface area contributed by atoms with Crippen molar-refractivity contribution in [2.75, 3.05) is 31.1 Å². The number of benzene rings is 1. The van der Waals surface area contributed by atoms with Gasteiger partial charge in [-0.2, -0.15) is 0 Å². The molecule has 2 aromatic rings. The van der Waals surface area contributed by atoms with Gasteiger partial charge in [-0.05, 0) is 19.1 Å². The van der Waals surface area contributed by atoms with Gasteiger partial charge in [-0.15, -0.1) is 0 Å². The summed E-state index contributed by atoms with van der Waals surface area (Å²) < 4.78 is 19.0. The number of amides is 1. The topological polar surface area (TPSA) is 49.6 Å². The normalized spacial score (nSPS) is 15.3. The molecule has 110 valence electrons. The fraction of sp³-hybridized carbons (Fsp3) is 0.333. The van der Waals surface area contributed by atoms with Crippen molar-refractivity contribution in [2.45, 2.75) is 6.92 Å². The second-order valence-corrected chi connectivity index (χ2v) is 5.01. The van der Waals surface area contributed by atoms with E-state index < -0.39 is 0 Å². The first-order valence-electron chi connectivity index (χ1n) is 6.86. The lowest BCUT2D eigenvalue weighted by Crippen LogP contribution is -2.49. The van der Waals surface area contributed by atoms with Crippen molar-refractivity contribution in [1.82, 2.24) is 9.88 Å². The first-order chi connectivity index (χ1) is 10.1. The van der Waals surface area contributed by atoms with Crippen LogP contribution >= 0.6 is 0 Å². The minimum atomic E-state index is -0.236. The van der Waals surface area contributed by atoms with E-state index in [1.165, 1.54) is 12.3 Å². The van der Waals surface area contributed by atoms with Crippen molar-refractivity contribution < 1.29 is 13.6 Å². The molecule has 0 radical (unpaired) electrons. The molecule has 6 heteroatoms. The van der Waals surface area contributed by atoms with Gasteiger partial charge >= 0.3 is 5.91 Å². The minimum absolute atomic E-state index is 0.117. The molecule has 2 heterocycles. The van der Waals surface area contributed by atoms with Gasteiger partial charge in [0.25, 0.3) is 5.89 Å². The van der Waals surface area contributed by atoms with Crippen molar-refractivity contribution in [1.29, 1.82) is 0 Å². The summed E-state index contributed by atoms with van der Waals surface area (Å²) in [7, 11) is 0. The average Bonchev–Trinajstić information content (AvgIpc) is 2.94. The van der Waals surface area contributed by atoms with Crippen LogP contribution in [0, 0.1) is 12.7 Å². The van der Waals surface area contributed by atoms with Crippen LogP contribution < -0.4 is 4.90 Å². The zero-order valence-corrected chi connectivity index (χ0v) is 11.8. The van der Waals surface area contributed by atoms with Crippen LogP contribution in [0.5, 0.6) is 0 Å². The van der Waals surface area contributed by atoms with E-state index in [0.717, 1.165) is 0 Å². The van der Waals surface area contributed by atoms with Crippen LogP contribution in [0.25, 0.3) is 0 Å². The monoisotopic (exact) mass is 289 g/mol. The number of piperazine rings is 1. The Kier molecular flexibility index (Phi) is 3.60. The van der Waals surface area contributed by atoms with Gasteiger partial charge in [0.05, 0.1) is 11.9 Å². The van der Waals surface area contributed by atoms with E-state index in [1.807, 2.05) is 11.0 Å². The first-order valence-corrected chi connectivity index (χ1v) is 6.86. The molecule has 1 aliphatic heterocycles. The van der Waals surface area contributed by atoms with Crippen LogP contribution in [0.15, 0.2) is 34.9 Å². The summed E-state index contributed by atoms with van der Waals surface area (Å²) in [6, 6.07) is 6.68. The SMILES string of the molecule is Cc1cnc(C(=O)N2CCN(c3ccccc3F)CC2)o1. The molecular formula is C15H16FN3O2. The molecule has 0 aliphatic carbocycles. The number of hydrogen-bond donors (Lipinski definition) is 0. The third-order valence-corrected chi connectivity index (χ3v) is 3.56. The lowest BCUT2D eigenvalue weighted by Gasteiger charge is -2.35. The summed E-state index contributed by atoms with van der Waals surface area (Å²) in [5, 5.41) is 0. The van der Waals surface area contributed by atoms with Crippen LogP contribution in [0.3, 0.4) is 0 Å². The van der Waals surface area contributed by atoms with Gasteiger partial charge in [-0.25, -0.2) is 9.37 Å². The fourth-order valence-corrected chi connectivity index (χ4v) is 2.45. The minimum Gasteiger partial charge on any atom is -0.438 e. The molecule has 3 rings (SSSR count). The summed E-state index contributed by atoms with van der Waals surface area (Å²) in [6.07, 6.45) is 1.53. The highest BCUT2D eigenvalue weighted by molar-refractivity contribution is 5.89. The second kappa shape index (κ2) is 5.55. The molecule has 0 atom stereocenters. The van der Waals surface area contributed by atoms with Crippen molar-refractivity contribution >= 4 is 11.6 Å². The molecule has 0 spiro atoms. The van der Waals surface area contributed by atoms with Crippen LogP contribution in [-0.2, 0) is 0 Å². The molecule has 1 fully saturated rings. The molecule has 21 heavy (non-hydrogen) atoms. The maximum absolute atomic E-state index is 13.8. The molecule has 1 aliphatic rings. The molecule has 1 aromatic heterocycles. The Morgan fingerprint density at radius 3 is 2.57 bits per heavy atom. The fourth-order valence-electron chi connectivity index (χ4n) is 2.45. The number of carbonyl (C=O) groups excluding carboxylic acids is 1. The molecule has 0 N–H and O–H groups in total. The van der Waals surface area contributed by atoms with Gasteiger partial charge in [-0.1, -0.05) is 12.1 Å². The van der Waals surface area contributed by atoms with Crippen molar-refractivity contribution in [2.24, 2.45) is 0 Å². The van der Waals surface area contributed by atoms with Crippen LogP contribution in [0.1, 0.15) is 16.4 Å². The second-order valence-electron chi connectivity index (χ2n) is 5.01. The van der Waals surface area contributed by atoms with E-state index in [4.69, 9.17) is 4.42 Å². The number of aryl methyl sites for hydroxylation is 1. The molecular weight excluding hydrogens is 273 g/mol. The highest BCUT2D eigenvalue weighted by Crippen LogP contribution is 2.20. The predicted octanol–water partition coefficient (Wildman–Crippen LogP) is 2.08. The third kappa shape index (κ3) is 2.74. The lowest BCUT2D eigenvalue weighted by molar-refractivity contribution is 0.0705. The molecule has 0 unspecified atom stereocenters. The zero-order valence-electron chi connectivity index (χ0n) is 11.8. The van der Waals surface area contributed by atoms with E-state index >= 15 is 0 Å². The van der Waals surface area contributed by atoms with Crippen LogP contribution in [0.4, 0.5) is 10.1 Å². The standard InChI is InChI=1S/C15H16FN3O2/c1-11-10-17-14(21-11)15(20)19-8-6-18(7-9-19)13-5-3-2-4-12(13)16/h2-5,10H,6-9H2,1H3. The van der Waals surface area contributed by atoms with Crippen molar-refractivity contribution in [3.8, 4) is 0 Å². The van der Waals surface area contributed by atoms with E-state index in [1.54, 1.807) is 24.0 Å². The summed E-state index contributed by atoms with van der Waals surface area (Å²) in [6.45, 7) is 3.97. The van der Waals surface area contributed by atoms with Crippen molar-refractivity contribution in [3.63, 3.8) is 0 Å². The predicted molar refractivity (Wildman–Crippen MR) is 75.8 cm³/mol. The van der Waals surface area contributed by atoms with Crippen LogP contribution in [0.2, 0.25) is 0 Å². The average molecular weight is 289 g/mol. The maximum Gasteiger partial charge on any atom is 0.309 e. The Morgan fingerprint density at radius 1 is 1.24 bits per heavy atom. The lowest BCUT2D eigenvalue weighted by atomic mass is 10.2. The van der Waals surface area contributed by atoms with Gasteiger partial charge in [0.15, 0.2) is 0 Å². The van der Waals surface area contributed by atoms with Gasteiger partial charge in [-0.3, -0.25) is 4.79 Å². The highest BCUT2D eigenvalue weighted by Gasteiger charge is 2.26.